The molecule has 1 aliphatic rings. The van der Waals surface area contributed by atoms with Gasteiger partial charge in [0.25, 0.3) is 0 Å². The number of piperazine rings is 1. The minimum atomic E-state index is -0.206. The average molecular weight is 484 g/mol. The van der Waals surface area contributed by atoms with Crippen molar-refractivity contribution < 1.29 is 18.7 Å². The van der Waals surface area contributed by atoms with Crippen LogP contribution in [0.15, 0.2) is 59.9 Å². The van der Waals surface area contributed by atoms with Crippen molar-refractivity contribution in [3.8, 4) is 11.5 Å². The molecule has 4 rings (SSSR count). The van der Waals surface area contributed by atoms with Crippen LogP contribution in [-0.4, -0.2) is 62.0 Å². The predicted molar refractivity (Wildman–Crippen MR) is 132 cm³/mol. The van der Waals surface area contributed by atoms with Crippen LogP contribution in [0.4, 0.5) is 21.6 Å². The number of methoxy groups -OCH3 is 2. The van der Waals surface area contributed by atoms with Crippen LogP contribution in [0, 0.1) is 5.82 Å². The second-order valence-electron chi connectivity index (χ2n) is 7.54. The number of hydrogen-bond donors (Lipinski definition) is 1. The minimum absolute atomic E-state index is 0.174. The summed E-state index contributed by atoms with van der Waals surface area (Å²) in [5, 5.41) is 3.56. The number of carbonyl (C=O) groups excluding carboxylic acids is 1. The van der Waals surface area contributed by atoms with Gasteiger partial charge in [-0.25, -0.2) is 14.4 Å². The van der Waals surface area contributed by atoms with Gasteiger partial charge >= 0.3 is 0 Å². The Bertz CT molecular complexity index is 1140. The second-order valence-corrected chi connectivity index (χ2v) is 8.54. The van der Waals surface area contributed by atoms with Gasteiger partial charge in [-0.1, -0.05) is 23.9 Å². The van der Waals surface area contributed by atoms with Crippen LogP contribution in [0.1, 0.15) is 0 Å². The number of thioether (sulfide) groups is 1. The molecule has 0 radical (unpaired) electrons. The summed E-state index contributed by atoms with van der Waals surface area (Å²) in [6.45, 7) is 2.82. The number of hydrogen-bond acceptors (Lipinski definition) is 8. The van der Waals surface area contributed by atoms with E-state index in [1.807, 2.05) is 17.0 Å². The second kappa shape index (κ2) is 11.1. The molecule has 2 aromatic carbocycles. The van der Waals surface area contributed by atoms with Crippen molar-refractivity contribution in [2.45, 2.75) is 5.03 Å². The summed E-state index contributed by atoms with van der Waals surface area (Å²) in [7, 11) is 3.11. The molecule has 1 saturated heterocycles. The average Bonchev–Trinajstić information content (AvgIpc) is 2.88. The monoisotopic (exact) mass is 483 g/mol. The predicted octanol–water partition coefficient (Wildman–Crippen LogP) is 3.69. The summed E-state index contributed by atoms with van der Waals surface area (Å²) >= 11 is 1.33. The van der Waals surface area contributed by atoms with Crippen molar-refractivity contribution in [1.82, 2.24) is 9.97 Å². The zero-order valence-corrected chi connectivity index (χ0v) is 19.8. The van der Waals surface area contributed by atoms with E-state index in [1.54, 1.807) is 37.4 Å². The molecule has 0 bridgehead atoms. The third-order valence-electron chi connectivity index (χ3n) is 5.46. The molecule has 0 atom stereocenters. The molecule has 10 heteroatoms. The SMILES string of the molecule is COc1ccc(NC(=O)CSc2cc(N3CCN(c4ccccc4F)CC3)ncn2)c(OC)c1. The van der Waals surface area contributed by atoms with Crippen LogP contribution in [0.2, 0.25) is 0 Å². The Hall–Kier alpha value is -3.53. The number of anilines is 3. The van der Waals surface area contributed by atoms with E-state index in [9.17, 15) is 9.18 Å². The number of para-hydroxylation sites is 1. The van der Waals surface area contributed by atoms with E-state index < -0.39 is 0 Å². The zero-order valence-electron chi connectivity index (χ0n) is 19.0. The van der Waals surface area contributed by atoms with Gasteiger partial charge in [0, 0.05) is 38.3 Å². The number of nitrogens with one attached hydrogen (secondary N) is 1. The molecule has 1 aromatic heterocycles. The molecular weight excluding hydrogens is 457 g/mol. The summed E-state index contributed by atoms with van der Waals surface area (Å²) in [5.41, 5.74) is 1.20. The molecule has 1 fully saturated rings. The lowest BCUT2D eigenvalue weighted by molar-refractivity contribution is -0.113. The first-order valence-corrected chi connectivity index (χ1v) is 11.8. The van der Waals surface area contributed by atoms with Crippen LogP contribution in [0.3, 0.4) is 0 Å². The van der Waals surface area contributed by atoms with Crippen LogP contribution >= 0.6 is 11.8 Å². The zero-order chi connectivity index (χ0) is 23.9. The highest BCUT2D eigenvalue weighted by Gasteiger charge is 2.20. The van der Waals surface area contributed by atoms with Crippen LogP contribution in [0.25, 0.3) is 0 Å². The maximum Gasteiger partial charge on any atom is 0.234 e. The lowest BCUT2D eigenvalue weighted by Gasteiger charge is -2.36. The Balaban J connectivity index is 1.32. The fourth-order valence-corrected chi connectivity index (χ4v) is 4.36. The molecule has 1 N–H and O–H groups in total. The quantitative estimate of drug-likeness (QED) is 0.384. The molecule has 178 valence electrons. The van der Waals surface area contributed by atoms with E-state index in [0.717, 1.165) is 5.82 Å². The Morgan fingerprint density at radius 1 is 1.03 bits per heavy atom. The van der Waals surface area contributed by atoms with Gasteiger partial charge in [-0.05, 0) is 24.3 Å². The summed E-state index contributed by atoms with van der Waals surface area (Å²) in [6, 6.07) is 13.9. The molecule has 0 unspecified atom stereocenters. The fraction of sp³-hybridized carbons (Fsp3) is 0.292. The third kappa shape index (κ3) is 5.69. The largest absolute Gasteiger partial charge is 0.497 e. The molecule has 1 aliphatic heterocycles. The highest BCUT2D eigenvalue weighted by molar-refractivity contribution is 7.99. The van der Waals surface area contributed by atoms with Gasteiger partial charge in [-0.3, -0.25) is 4.79 Å². The van der Waals surface area contributed by atoms with Gasteiger partial charge < -0.3 is 24.6 Å². The lowest BCUT2D eigenvalue weighted by atomic mass is 10.2. The summed E-state index contributed by atoms with van der Waals surface area (Å²) < 4.78 is 24.6. The number of nitrogens with zero attached hydrogens (tertiary/aromatic N) is 4. The van der Waals surface area contributed by atoms with Crippen LogP contribution in [0.5, 0.6) is 11.5 Å². The number of amides is 1. The molecule has 3 aromatic rings. The van der Waals surface area contributed by atoms with Gasteiger partial charge in [0.05, 0.1) is 31.3 Å². The van der Waals surface area contributed by atoms with Crippen molar-refractivity contribution >= 4 is 34.9 Å². The van der Waals surface area contributed by atoms with E-state index in [0.29, 0.717) is 54.1 Å². The lowest BCUT2D eigenvalue weighted by Crippen LogP contribution is -2.47. The van der Waals surface area contributed by atoms with Crippen molar-refractivity contribution in [2.24, 2.45) is 0 Å². The van der Waals surface area contributed by atoms with Crippen LogP contribution < -0.4 is 24.6 Å². The Morgan fingerprint density at radius 2 is 1.79 bits per heavy atom. The van der Waals surface area contributed by atoms with Crippen molar-refractivity contribution in [3.05, 3.63) is 60.7 Å². The standard InChI is InChI=1S/C24H26FN5O3S/c1-32-17-7-8-19(21(13-17)33-2)28-23(31)15-34-24-14-22(26-16-27-24)30-11-9-29(10-12-30)20-6-4-3-5-18(20)25/h3-8,13-14,16H,9-12,15H2,1-2H3,(H,28,31). The molecule has 0 aliphatic carbocycles. The van der Waals surface area contributed by atoms with Gasteiger partial charge in [0.15, 0.2) is 0 Å². The minimum Gasteiger partial charge on any atom is -0.497 e. The molecular formula is C24H26FN5O3S. The summed E-state index contributed by atoms with van der Waals surface area (Å²) in [4.78, 5) is 25.4. The van der Waals surface area contributed by atoms with E-state index in [4.69, 9.17) is 9.47 Å². The Labute approximate surface area is 202 Å². The van der Waals surface area contributed by atoms with E-state index >= 15 is 0 Å². The fourth-order valence-electron chi connectivity index (χ4n) is 3.69. The van der Waals surface area contributed by atoms with Crippen molar-refractivity contribution in [2.75, 3.05) is 61.3 Å². The maximum atomic E-state index is 14.1. The molecule has 8 nitrogen and oxygen atoms in total. The molecule has 0 spiro atoms. The van der Waals surface area contributed by atoms with E-state index in [2.05, 4.69) is 20.2 Å². The van der Waals surface area contributed by atoms with Crippen molar-refractivity contribution in [1.29, 1.82) is 0 Å². The normalized spacial score (nSPS) is 13.5. The Morgan fingerprint density at radius 3 is 2.53 bits per heavy atom. The number of halogens is 1. The topological polar surface area (TPSA) is 79.8 Å². The number of rotatable bonds is 8. The summed E-state index contributed by atoms with van der Waals surface area (Å²) in [5.74, 6) is 1.77. The highest BCUT2D eigenvalue weighted by Crippen LogP contribution is 2.29. The number of aromatic nitrogens is 2. The van der Waals surface area contributed by atoms with Gasteiger partial charge in [-0.2, -0.15) is 0 Å². The van der Waals surface area contributed by atoms with Gasteiger partial charge in [0.1, 0.15) is 34.5 Å². The highest BCUT2D eigenvalue weighted by atomic mass is 32.2. The van der Waals surface area contributed by atoms with E-state index in [-0.39, 0.29) is 17.5 Å². The summed E-state index contributed by atoms with van der Waals surface area (Å²) in [6.07, 6.45) is 1.51. The van der Waals surface area contributed by atoms with E-state index in [1.165, 1.54) is 31.3 Å². The number of ether oxygens (including phenoxy) is 2. The van der Waals surface area contributed by atoms with Gasteiger partial charge in [-0.15, -0.1) is 0 Å². The Kier molecular flexibility index (Phi) is 7.69. The maximum absolute atomic E-state index is 14.1. The smallest absolute Gasteiger partial charge is 0.234 e. The molecule has 0 saturated carbocycles. The number of benzene rings is 2. The molecule has 2 heterocycles. The van der Waals surface area contributed by atoms with Crippen LogP contribution in [-0.2, 0) is 4.79 Å². The molecule has 34 heavy (non-hydrogen) atoms. The first kappa shape index (κ1) is 23.6. The number of carbonyl (C=O) groups is 1. The first-order chi connectivity index (χ1) is 16.6. The molecule has 1 amide bonds. The third-order valence-corrected chi connectivity index (χ3v) is 6.38. The first-order valence-electron chi connectivity index (χ1n) is 10.8. The van der Waals surface area contributed by atoms with Gasteiger partial charge in [0.2, 0.25) is 5.91 Å². The van der Waals surface area contributed by atoms with Crippen molar-refractivity contribution in [3.63, 3.8) is 0 Å².